The second-order valence-electron chi connectivity index (χ2n) is 17.0. The van der Waals surface area contributed by atoms with E-state index in [0.717, 1.165) is 128 Å². The average molecular weight is 877 g/mol. The molecule has 0 aromatic heterocycles. The van der Waals surface area contributed by atoms with Crippen molar-refractivity contribution in [2.45, 2.75) is 245 Å². The van der Waals surface area contributed by atoms with Gasteiger partial charge in [0.15, 0.2) is 6.10 Å². The van der Waals surface area contributed by atoms with Gasteiger partial charge in [0, 0.05) is 19.3 Å². The van der Waals surface area contributed by atoms with Crippen molar-refractivity contribution in [2.75, 3.05) is 13.2 Å². The highest BCUT2D eigenvalue weighted by Crippen LogP contribution is 2.13. The van der Waals surface area contributed by atoms with Crippen LogP contribution in [0.25, 0.3) is 0 Å². The van der Waals surface area contributed by atoms with Gasteiger partial charge in [0.1, 0.15) is 13.2 Å². The Morgan fingerprint density at radius 1 is 0.333 bits per heavy atom. The maximum absolute atomic E-state index is 12.8. The molecule has 0 aromatic rings. The maximum atomic E-state index is 12.8. The summed E-state index contributed by atoms with van der Waals surface area (Å²) in [7, 11) is 0. The van der Waals surface area contributed by atoms with Gasteiger partial charge in [0.2, 0.25) is 0 Å². The molecule has 360 valence electrons. The zero-order valence-electron chi connectivity index (χ0n) is 41.1. The molecular formula is C57H96O6. The lowest BCUT2D eigenvalue weighted by Crippen LogP contribution is -2.30. The SMILES string of the molecule is CC/C=C\C/C=C\C/C=C\C/C=C\CCCCCCCCC(=O)OCC(COC(=O)CCCCCCC/C=C\CCCCC)OC(=O)CCCCCCC/C=C\C/C=C\CCCC. The van der Waals surface area contributed by atoms with Crippen molar-refractivity contribution in [3.8, 4) is 0 Å². The number of carbonyl (C=O) groups is 3. The van der Waals surface area contributed by atoms with Crippen LogP contribution >= 0.6 is 0 Å². The first-order chi connectivity index (χ1) is 31.0. The zero-order chi connectivity index (χ0) is 45.8. The molecule has 0 radical (unpaired) electrons. The number of hydrogen-bond donors (Lipinski definition) is 0. The Kier molecular flexibility index (Phi) is 48.5. The van der Waals surface area contributed by atoms with Crippen molar-refractivity contribution in [1.82, 2.24) is 0 Å². The Balaban J connectivity index is 4.42. The molecule has 0 spiro atoms. The van der Waals surface area contributed by atoms with E-state index in [9.17, 15) is 14.4 Å². The molecule has 0 aliphatic carbocycles. The number of ether oxygens (including phenoxy) is 3. The van der Waals surface area contributed by atoms with Gasteiger partial charge < -0.3 is 14.2 Å². The Hall–Kier alpha value is -3.41. The van der Waals surface area contributed by atoms with Crippen LogP contribution in [0.5, 0.6) is 0 Å². The molecule has 0 rings (SSSR count). The van der Waals surface area contributed by atoms with Gasteiger partial charge in [-0.25, -0.2) is 0 Å². The molecule has 0 fully saturated rings. The lowest BCUT2D eigenvalue weighted by atomic mass is 10.1. The van der Waals surface area contributed by atoms with Gasteiger partial charge >= 0.3 is 17.9 Å². The van der Waals surface area contributed by atoms with E-state index in [4.69, 9.17) is 14.2 Å². The van der Waals surface area contributed by atoms with Crippen LogP contribution in [-0.4, -0.2) is 37.2 Å². The first-order valence-electron chi connectivity index (χ1n) is 26.1. The molecule has 0 heterocycles. The number of rotatable bonds is 46. The molecule has 1 unspecified atom stereocenters. The highest BCUT2D eigenvalue weighted by molar-refractivity contribution is 5.71. The van der Waals surface area contributed by atoms with Crippen molar-refractivity contribution in [1.29, 1.82) is 0 Å². The quantitative estimate of drug-likeness (QED) is 0.0262. The molecule has 1 atom stereocenters. The Morgan fingerprint density at radius 2 is 0.635 bits per heavy atom. The summed E-state index contributed by atoms with van der Waals surface area (Å²) in [6.45, 7) is 6.42. The molecule has 0 aromatic carbocycles. The minimum atomic E-state index is -0.793. The van der Waals surface area contributed by atoms with Crippen molar-refractivity contribution in [2.24, 2.45) is 0 Å². The lowest BCUT2D eigenvalue weighted by molar-refractivity contribution is -0.167. The first-order valence-corrected chi connectivity index (χ1v) is 26.1. The van der Waals surface area contributed by atoms with Crippen LogP contribution in [0.2, 0.25) is 0 Å². The summed E-state index contributed by atoms with van der Waals surface area (Å²) in [5, 5.41) is 0. The summed E-state index contributed by atoms with van der Waals surface area (Å²) in [6, 6.07) is 0. The normalized spacial score (nSPS) is 12.7. The third-order valence-corrected chi connectivity index (χ3v) is 10.9. The second kappa shape index (κ2) is 51.2. The summed E-state index contributed by atoms with van der Waals surface area (Å²) >= 11 is 0. The second-order valence-corrected chi connectivity index (χ2v) is 17.0. The van der Waals surface area contributed by atoms with Crippen LogP contribution in [0.15, 0.2) is 85.1 Å². The van der Waals surface area contributed by atoms with Crippen molar-refractivity contribution < 1.29 is 28.6 Å². The first kappa shape index (κ1) is 59.6. The van der Waals surface area contributed by atoms with Crippen LogP contribution in [0, 0.1) is 0 Å². The van der Waals surface area contributed by atoms with Gasteiger partial charge in [-0.1, -0.05) is 196 Å². The topological polar surface area (TPSA) is 78.9 Å². The molecule has 63 heavy (non-hydrogen) atoms. The molecule has 0 saturated carbocycles. The largest absolute Gasteiger partial charge is 0.462 e. The molecular weight excluding hydrogens is 781 g/mol. The number of unbranched alkanes of at least 4 members (excludes halogenated alkanes) is 21. The molecule has 0 aliphatic heterocycles. The molecule has 6 heteroatoms. The summed E-state index contributed by atoms with van der Waals surface area (Å²) in [5.41, 5.74) is 0. The fourth-order valence-corrected chi connectivity index (χ4v) is 6.91. The van der Waals surface area contributed by atoms with Gasteiger partial charge in [-0.05, 0) is 109 Å². The van der Waals surface area contributed by atoms with E-state index in [2.05, 4.69) is 106 Å². The predicted octanol–water partition coefficient (Wildman–Crippen LogP) is 17.2. The van der Waals surface area contributed by atoms with Crippen molar-refractivity contribution in [3.05, 3.63) is 85.1 Å². The van der Waals surface area contributed by atoms with E-state index >= 15 is 0 Å². The standard InChI is InChI=1S/C57H96O6/c1-4-7-10-13-16-19-22-25-27-28-29-30-31-33-35-38-41-44-47-50-56(59)62-53-54(52-61-55(58)49-46-43-40-37-34-24-21-18-15-12-9-6-3)63-57(60)51-48-45-42-39-36-32-26-23-20-17-14-11-8-5-2/h7,10,14,16-19,21,23,25-27,29-30,54H,4-6,8-9,11-13,15,20,22,24,28,31-53H2,1-3H3/b10-7-,17-14-,19-16-,21-18-,26-23-,27-25-,30-29-. The van der Waals surface area contributed by atoms with Crippen molar-refractivity contribution in [3.63, 3.8) is 0 Å². The molecule has 0 bridgehead atoms. The fourth-order valence-electron chi connectivity index (χ4n) is 6.91. The molecule has 0 aliphatic rings. The highest BCUT2D eigenvalue weighted by atomic mass is 16.6. The van der Waals surface area contributed by atoms with Gasteiger partial charge in [-0.3, -0.25) is 14.4 Å². The van der Waals surface area contributed by atoms with E-state index in [1.807, 2.05) is 0 Å². The Labute approximate surface area is 388 Å². The van der Waals surface area contributed by atoms with Gasteiger partial charge in [-0.2, -0.15) is 0 Å². The van der Waals surface area contributed by atoms with Gasteiger partial charge in [0.05, 0.1) is 0 Å². The highest BCUT2D eigenvalue weighted by Gasteiger charge is 2.19. The van der Waals surface area contributed by atoms with E-state index in [-0.39, 0.29) is 31.1 Å². The summed E-state index contributed by atoms with van der Waals surface area (Å²) in [5.74, 6) is -0.930. The fraction of sp³-hybridized carbons (Fsp3) is 0.702. The van der Waals surface area contributed by atoms with Gasteiger partial charge in [0.25, 0.3) is 0 Å². The van der Waals surface area contributed by atoms with E-state index in [1.54, 1.807) is 0 Å². The summed E-state index contributed by atoms with van der Waals surface area (Å²) in [6.07, 6.45) is 65.6. The smallest absolute Gasteiger partial charge is 0.306 e. The van der Waals surface area contributed by atoms with Crippen LogP contribution in [0.1, 0.15) is 239 Å². The van der Waals surface area contributed by atoms with Crippen LogP contribution in [0.4, 0.5) is 0 Å². The molecule has 0 N–H and O–H groups in total. The third kappa shape index (κ3) is 49.5. The number of esters is 3. The van der Waals surface area contributed by atoms with Crippen LogP contribution < -0.4 is 0 Å². The number of hydrogen-bond acceptors (Lipinski definition) is 6. The minimum absolute atomic E-state index is 0.0919. The summed E-state index contributed by atoms with van der Waals surface area (Å²) in [4.78, 5) is 38.0. The predicted molar refractivity (Wildman–Crippen MR) is 270 cm³/mol. The average Bonchev–Trinajstić information content (AvgIpc) is 3.28. The maximum Gasteiger partial charge on any atom is 0.306 e. The van der Waals surface area contributed by atoms with E-state index in [1.165, 1.54) is 70.6 Å². The molecule has 6 nitrogen and oxygen atoms in total. The summed E-state index contributed by atoms with van der Waals surface area (Å²) < 4.78 is 16.8. The number of carbonyl (C=O) groups excluding carboxylic acids is 3. The lowest BCUT2D eigenvalue weighted by Gasteiger charge is -2.18. The zero-order valence-corrected chi connectivity index (χ0v) is 41.1. The Bertz CT molecular complexity index is 1240. The molecule has 0 amide bonds. The number of allylic oxidation sites excluding steroid dienone is 14. The van der Waals surface area contributed by atoms with E-state index < -0.39 is 6.10 Å². The van der Waals surface area contributed by atoms with Gasteiger partial charge in [-0.15, -0.1) is 0 Å². The molecule has 0 saturated heterocycles. The van der Waals surface area contributed by atoms with Crippen LogP contribution in [0.3, 0.4) is 0 Å². The van der Waals surface area contributed by atoms with E-state index in [0.29, 0.717) is 19.3 Å². The Morgan fingerprint density at radius 3 is 1.03 bits per heavy atom. The third-order valence-electron chi connectivity index (χ3n) is 10.9. The monoisotopic (exact) mass is 877 g/mol. The van der Waals surface area contributed by atoms with Crippen LogP contribution in [-0.2, 0) is 28.6 Å². The van der Waals surface area contributed by atoms with Crippen molar-refractivity contribution >= 4 is 17.9 Å². The minimum Gasteiger partial charge on any atom is -0.462 e.